The Bertz CT molecular complexity index is 218. The van der Waals surface area contributed by atoms with Crippen LogP contribution in [0, 0.1) is 6.92 Å². The van der Waals surface area contributed by atoms with E-state index in [2.05, 4.69) is 13.8 Å². The molecule has 0 aliphatic carbocycles. The van der Waals surface area contributed by atoms with Gasteiger partial charge in [-0.05, 0) is 0 Å². The van der Waals surface area contributed by atoms with E-state index in [4.69, 9.17) is 19.2 Å². The Morgan fingerprint density at radius 1 is 0.696 bits per heavy atom. The van der Waals surface area contributed by atoms with E-state index in [1.165, 1.54) is 83.5 Å². The van der Waals surface area contributed by atoms with Crippen LogP contribution in [-0.4, -0.2) is 14.7 Å². The topological polar surface area (TPSA) is 77.8 Å². The molecule has 0 atom stereocenters. The van der Waals surface area contributed by atoms with Crippen molar-refractivity contribution in [1.29, 1.82) is 0 Å². The van der Waals surface area contributed by atoms with Gasteiger partial charge < -0.3 is 21.6 Å². The van der Waals surface area contributed by atoms with E-state index in [-0.39, 0.29) is 49.0 Å². The second-order valence-electron chi connectivity index (χ2n) is 5.61. The zero-order chi connectivity index (χ0) is 16.4. The number of phosphoric acid groups is 1. The molecule has 0 aliphatic rings. The van der Waals surface area contributed by atoms with Gasteiger partial charge >= 0.3 is 37.4 Å². The largest absolute Gasteiger partial charge is 1.00 e. The Morgan fingerprint density at radius 3 is 1.13 bits per heavy atom. The molecular formula is C16H36NaO4PZn. The Labute approximate surface area is 178 Å². The fourth-order valence-corrected chi connectivity index (χ4v) is 2.19. The van der Waals surface area contributed by atoms with Crippen molar-refractivity contribution < 1.29 is 68.3 Å². The number of unbranched alkanes of at least 4 members (excludes halogenated alkanes) is 13. The van der Waals surface area contributed by atoms with Gasteiger partial charge in [-0.15, -0.1) is 0 Å². The SMILES string of the molecule is O=P(O)(O)O.[CH2-]CCCCCCCCCCCCCCC.[Na+].[Zn]. The smallest absolute Gasteiger partial charge is 0.343 e. The minimum Gasteiger partial charge on any atom is -0.343 e. The maximum absolute atomic E-state index is 8.88. The van der Waals surface area contributed by atoms with Gasteiger partial charge in [0, 0.05) is 19.5 Å². The molecule has 0 rings (SSSR count). The molecule has 0 heterocycles. The first-order chi connectivity index (χ1) is 9.91. The summed E-state index contributed by atoms with van der Waals surface area (Å²) in [6, 6.07) is 0. The van der Waals surface area contributed by atoms with Gasteiger partial charge in [-0.3, -0.25) is 0 Å². The van der Waals surface area contributed by atoms with Gasteiger partial charge in [0.2, 0.25) is 0 Å². The molecule has 0 aromatic heterocycles. The summed E-state index contributed by atoms with van der Waals surface area (Å²) < 4.78 is 8.88. The third-order valence-corrected chi connectivity index (χ3v) is 3.35. The Kier molecular flexibility index (Phi) is 36.6. The van der Waals surface area contributed by atoms with Gasteiger partial charge in [0.25, 0.3) is 0 Å². The molecule has 0 saturated heterocycles. The van der Waals surface area contributed by atoms with Crippen molar-refractivity contribution in [2.45, 2.75) is 96.8 Å². The summed E-state index contributed by atoms with van der Waals surface area (Å²) in [4.78, 5) is 21.6. The Morgan fingerprint density at radius 2 is 0.913 bits per heavy atom. The van der Waals surface area contributed by atoms with E-state index in [0.29, 0.717) is 0 Å². The molecule has 0 bridgehead atoms. The molecule has 3 N–H and O–H groups in total. The van der Waals surface area contributed by atoms with E-state index >= 15 is 0 Å². The van der Waals surface area contributed by atoms with E-state index in [0.717, 1.165) is 6.42 Å². The number of hydrogen-bond acceptors (Lipinski definition) is 1. The van der Waals surface area contributed by atoms with Gasteiger partial charge in [-0.25, -0.2) is 4.57 Å². The molecular weight excluding hydrogens is 376 g/mol. The molecule has 0 saturated carbocycles. The zero-order valence-corrected chi connectivity index (χ0v) is 21.4. The first-order valence-corrected chi connectivity index (χ1v) is 10.1. The van der Waals surface area contributed by atoms with Crippen molar-refractivity contribution in [3.8, 4) is 0 Å². The maximum Gasteiger partial charge on any atom is 1.00 e. The molecule has 0 aromatic carbocycles. The number of rotatable bonds is 13. The second kappa shape index (κ2) is 26.0. The van der Waals surface area contributed by atoms with Crippen LogP contribution in [0.15, 0.2) is 0 Å². The minimum atomic E-state index is -4.64. The quantitative estimate of drug-likeness (QED) is 0.188. The normalized spacial score (nSPS) is 10.1. The Hall–Kier alpha value is 1.73. The summed E-state index contributed by atoms with van der Waals surface area (Å²) in [6.45, 7) is 6.16. The van der Waals surface area contributed by atoms with Crippen LogP contribution < -0.4 is 29.6 Å². The van der Waals surface area contributed by atoms with Gasteiger partial charge in [-0.2, -0.15) is 6.42 Å². The molecule has 132 valence electrons. The molecule has 0 aromatic rings. The molecule has 23 heavy (non-hydrogen) atoms. The fraction of sp³-hybridized carbons (Fsp3) is 0.938. The van der Waals surface area contributed by atoms with E-state index in [1.54, 1.807) is 0 Å². The average molecular weight is 412 g/mol. The van der Waals surface area contributed by atoms with Crippen LogP contribution in [0.5, 0.6) is 0 Å². The second-order valence-corrected chi connectivity index (χ2v) is 6.64. The van der Waals surface area contributed by atoms with Crippen molar-refractivity contribution >= 4 is 7.82 Å². The van der Waals surface area contributed by atoms with Gasteiger partial charge in [0.1, 0.15) is 0 Å². The predicted octanol–water partition coefficient (Wildman–Crippen LogP) is 2.37. The zero-order valence-electron chi connectivity index (χ0n) is 15.5. The van der Waals surface area contributed by atoms with Crippen molar-refractivity contribution in [2.24, 2.45) is 0 Å². The van der Waals surface area contributed by atoms with Crippen molar-refractivity contribution in [3.63, 3.8) is 0 Å². The molecule has 0 fully saturated rings. The Balaban J connectivity index is -0.000000225. The molecule has 0 unspecified atom stereocenters. The van der Waals surface area contributed by atoms with E-state index < -0.39 is 7.82 Å². The minimum absolute atomic E-state index is 0. The van der Waals surface area contributed by atoms with Crippen LogP contribution in [0.2, 0.25) is 0 Å². The van der Waals surface area contributed by atoms with Crippen molar-refractivity contribution in [2.75, 3.05) is 0 Å². The summed E-state index contributed by atoms with van der Waals surface area (Å²) in [6.07, 6.45) is 19.8. The van der Waals surface area contributed by atoms with Crippen LogP contribution >= 0.6 is 7.82 Å². The van der Waals surface area contributed by atoms with E-state index in [9.17, 15) is 0 Å². The molecule has 4 nitrogen and oxygen atoms in total. The first kappa shape index (κ1) is 32.4. The summed E-state index contributed by atoms with van der Waals surface area (Å²) in [5.41, 5.74) is 0. The third kappa shape index (κ3) is 51.6. The fourth-order valence-electron chi connectivity index (χ4n) is 2.19. The molecule has 7 heteroatoms. The van der Waals surface area contributed by atoms with Gasteiger partial charge in [0.05, 0.1) is 0 Å². The van der Waals surface area contributed by atoms with Crippen molar-refractivity contribution in [3.05, 3.63) is 6.92 Å². The van der Waals surface area contributed by atoms with Gasteiger partial charge in [0.15, 0.2) is 0 Å². The number of hydrogen-bond donors (Lipinski definition) is 3. The van der Waals surface area contributed by atoms with Crippen LogP contribution in [0.25, 0.3) is 0 Å². The average Bonchev–Trinajstić information content (AvgIpc) is 2.38. The maximum atomic E-state index is 8.88. The molecule has 0 spiro atoms. The summed E-state index contributed by atoms with van der Waals surface area (Å²) in [5.74, 6) is 0. The third-order valence-electron chi connectivity index (χ3n) is 3.35. The van der Waals surface area contributed by atoms with Crippen LogP contribution in [-0.2, 0) is 24.0 Å². The van der Waals surface area contributed by atoms with Crippen LogP contribution in [0.4, 0.5) is 0 Å². The predicted molar refractivity (Wildman–Crippen MR) is 89.9 cm³/mol. The molecule has 0 aliphatic heterocycles. The van der Waals surface area contributed by atoms with E-state index in [1.807, 2.05) is 0 Å². The first-order valence-electron chi connectivity index (χ1n) is 8.49. The molecule has 0 radical (unpaired) electrons. The monoisotopic (exact) mass is 410 g/mol. The molecule has 0 amide bonds. The summed E-state index contributed by atoms with van der Waals surface area (Å²) in [5, 5.41) is 0. The van der Waals surface area contributed by atoms with Gasteiger partial charge in [-0.1, -0.05) is 90.4 Å². The van der Waals surface area contributed by atoms with Crippen LogP contribution in [0.3, 0.4) is 0 Å². The summed E-state index contributed by atoms with van der Waals surface area (Å²) >= 11 is 0. The summed E-state index contributed by atoms with van der Waals surface area (Å²) in [7, 11) is -4.64. The standard InChI is InChI=1S/C16H33.Na.H3O4P.Zn/c1-3-5-7-9-11-13-15-16-14-12-10-8-6-4-2;;1-5(2,3)4;/h1,3-16H2,2H3;;(H3,1,2,3,4);/q-1;+1;;. The van der Waals surface area contributed by atoms with Crippen LogP contribution in [0.1, 0.15) is 96.8 Å². The van der Waals surface area contributed by atoms with Crippen molar-refractivity contribution in [1.82, 2.24) is 0 Å².